The maximum atomic E-state index is 12.7. The van der Waals surface area contributed by atoms with Crippen molar-refractivity contribution in [3.05, 3.63) is 98.4 Å². The molecule has 0 radical (unpaired) electrons. The molecule has 2 aromatic rings. The van der Waals surface area contributed by atoms with Gasteiger partial charge in [0.05, 0.1) is 21.5 Å². The normalized spacial score (nSPS) is 15.5. The number of carboxylic acid groups (broad SMARTS) is 2. The van der Waals surface area contributed by atoms with Crippen LogP contribution in [-0.2, 0) is 15.0 Å². The molecule has 0 bridgehead atoms. The molecule has 2 aromatic carbocycles. The van der Waals surface area contributed by atoms with Crippen LogP contribution in [0.2, 0.25) is 0 Å². The first-order valence-electron chi connectivity index (χ1n) is 11.2. The van der Waals surface area contributed by atoms with Crippen LogP contribution in [0.15, 0.2) is 82.0 Å². The summed E-state index contributed by atoms with van der Waals surface area (Å²) < 4.78 is 0. The minimum atomic E-state index is -1.60. The molecule has 1 heterocycles. The Morgan fingerprint density at radius 3 is 2.14 bits per heavy atom. The van der Waals surface area contributed by atoms with Crippen LogP contribution in [0.4, 0.5) is 5.69 Å². The van der Waals surface area contributed by atoms with Crippen LogP contribution in [0.3, 0.4) is 0 Å². The number of aliphatic carboxylic acids is 2. The van der Waals surface area contributed by atoms with E-state index in [-0.39, 0.29) is 28.8 Å². The molecule has 1 aliphatic heterocycles. The summed E-state index contributed by atoms with van der Waals surface area (Å²) in [5, 5.41) is 32.2. The van der Waals surface area contributed by atoms with Crippen molar-refractivity contribution in [2.45, 2.75) is 37.0 Å². The van der Waals surface area contributed by atoms with Crippen LogP contribution < -0.4 is 0 Å². The predicted octanol–water partition coefficient (Wildman–Crippen LogP) is 5.71. The van der Waals surface area contributed by atoms with Gasteiger partial charge in [-0.15, -0.1) is 11.8 Å². The third kappa shape index (κ3) is 4.92. The third-order valence-corrected chi connectivity index (χ3v) is 7.42. The molecule has 3 rings (SSSR count). The number of carboxylic acids is 2. The first kappa shape index (κ1) is 26.7. The summed E-state index contributed by atoms with van der Waals surface area (Å²) in [4.78, 5) is 39.0. The summed E-state index contributed by atoms with van der Waals surface area (Å²) >= 11 is 1.63. The number of hydrogen-bond acceptors (Lipinski definition) is 6. The Kier molecular flexibility index (Phi) is 8.04. The van der Waals surface area contributed by atoms with E-state index in [4.69, 9.17) is 0 Å². The largest absolute Gasteiger partial charge is 0.478 e. The monoisotopic (exact) mass is 508 g/mol. The summed E-state index contributed by atoms with van der Waals surface area (Å²) in [7, 11) is 1.62. The number of nitrogens with zero attached hydrogens (tertiary/aromatic N) is 2. The summed E-state index contributed by atoms with van der Waals surface area (Å²) in [5.41, 5.74) is -0.0667. The number of thioether (sulfide) groups is 1. The molecule has 2 N–H and O–H groups in total. The van der Waals surface area contributed by atoms with Crippen LogP contribution in [0.25, 0.3) is 6.08 Å². The van der Waals surface area contributed by atoms with Crippen LogP contribution in [0.1, 0.15) is 37.8 Å². The molecule has 188 valence electrons. The average Bonchev–Trinajstić information content (AvgIpc) is 2.85. The van der Waals surface area contributed by atoms with Gasteiger partial charge in [0.15, 0.2) is 0 Å². The van der Waals surface area contributed by atoms with E-state index in [1.54, 1.807) is 43.6 Å². The van der Waals surface area contributed by atoms with E-state index in [0.717, 1.165) is 10.5 Å². The zero-order valence-corrected chi connectivity index (χ0v) is 21.3. The summed E-state index contributed by atoms with van der Waals surface area (Å²) in [6, 6.07) is 13.5. The van der Waals surface area contributed by atoms with E-state index in [0.29, 0.717) is 17.8 Å². The van der Waals surface area contributed by atoms with Crippen LogP contribution >= 0.6 is 11.8 Å². The summed E-state index contributed by atoms with van der Waals surface area (Å²) in [6.07, 6.45) is 6.19. The molecule has 0 saturated heterocycles. The number of carbonyl (C=O) groups is 2. The van der Waals surface area contributed by atoms with Gasteiger partial charge in [0.2, 0.25) is 0 Å². The van der Waals surface area contributed by atoms with Crippen molar-refractivity contribution >= 4 is 35.5 Å². The van der Waals surface area contributed by atoms with E-state index in [9.17, 15) is 29.9 Å². The summed E-state index contributed by atoms with van der Waals surface area (Å²) in [5.74, 6) is -2.54. The highest BCUT2D eigenvalue weighted by Gasteiger charge is 2.51. The first-order chi connectivity index (χ1) is 17.0. The topological polar surface area (TPSA) is 121 Å². The Balaban J connectivity index is 2.20. The van der Waals surface area contributed by atoms with Crippen molar-refractivity contribution in [1.82, 2.24) is 4.90 Å². The molecule has 0 fully saturated rings. The Morgan fingerprint density at radius 2 is 1.64 bits per heavy atom. The Morgan fingerprint density at radius 1 is 1.06 bits per heavy atom. The fourth-order valence-electron chi connectivity index (χ4n) is 4.81. The van der Waals surface area contributed by atoms with Crippen LogP contribution in [0.5, 0.6) is 0 Å². The minimum absolute atomic E-state index is 0.0966. The van der Waals surface area contributed by atoms with Crippen LogP contribution in [0, 0.1) is 10.1 Å². The zero-order valence-electron chi connectivity index (χ0n) is 20.5. The lowest BCUT2D eigenvalue weighted by molar-refractivity contribution is -0.385. The number of allylic oxidation sites excluding steroid dienone is 3. The van der Waals surface area contributed by atoms with Crippen molar-refractivity contribution < 1.29 is 24.7 Å². The SMILES string of the molecule is CSc1ccc(/C=C/CCC2(c3cccc([N+](=O)[O-])c3)C(C(=O)O)=C(C)N(C)C(C)=C2C(=O)O)cc1. The van der Waals surface area contributed by atoms with E-state index in [2.05, 4.69) is 0 Å². The molecular weight excluding hydrogens is 480 g/mol. The zero-order chi connectivity index (χ0) is 26.6. The number of hydrogen-bond donors (Lipinski definition) is 2. The first-order valence-corrected chi connectivity index (χ1v) is 12.5. The number of benzene rings is 2. The quantitative estimate of drug-likeness (QED) is 0.251. The molecule has 0 aromatic heterocycles. The van der Waals surface area contributed by atoms with Crippen molar-refractivity contribution in [2.24, 2.45) is 0 Å². The molecule has 0 unspecified atom stereocenters. The minimum Gasteiger partial charge on any atom is -0.478 e. The molecule has 8 nitrogen and oxygen atoms in total. The van der Waals surface area contributed by atoms with Crippen molar-refractivity contribution in [3.8, 4) is 0 Å². The number of nitro benzene ring substituents is 1. The fraction of sp³-hybridized carbons (Fsp3) is 0.259. The Hall–Kier alpha value is -3.85. The van der Waals surface area contributed by atoms with Gasteiger partial charge in [0, 0.05) is 35.5 Å². The van der Waals surface area contributed by atoms with Gasteiger partial charge >= 0.3 is 11.9 Å². The molecule has 36 heavy (non-hydrogen) atoms. The predicted molar refractivity (Wildman–Crippen MR) is 140 cm³/mol. The second-order valence-corrected chi connectivity index (χ2v) is 9.40. The maximum Gasteiger partial charge on any atom is 0.334 e. The molecule has 9 heteroatoms. The highest BCUT2D eigenvalue weighted by Crippen LogP contribution is 2.50. The molecule has 0 atom stereocenters. The van der Waals surface area contributed by atoms with Gasteiger partial charge in [0.1, 0.15) is 0 Å². The third-order valence-electron chi connectivity index (χ3n) is 6.67. The van der Waals surface area contributed by atoms with E-state index < -0.39 is 22.3 Å². The second kappa shape index (κ2) is 10.8. The van der Waals surface area contributed by atoms with Crippen molar-refractivity contribution in [2.75, 3.05) is 13.3 Å². The van der Waals surface area contributed by atoms with E-state index >= 15 is 0 Å². The van der Waals surface area contributed by atoms with Gasteiger partial charge in [-0.1, -0.05) is 36.4 Å². The second-order valence-electron chi connectivity index (χ2n) is 8.52. The molecule has 0 aliphatic carbocycles. The highest BCUT2D eigenvalue weighted by molar-refractivity contribution is 7.98. The lowest BCUT2D eigenvalue weighted by atomic mass is 9.63. The van der Waals surface area contributed by atoms with Gasteiger partial charge in [-0.3, -0.25) is 10.1 Å². The standard InChI is InChI=1S/C27H28N2O6S/c1-17-23(25(30)31)27(24(26(32)33)18(2)28(17)3,20-9-7-10-21(16-20)29(34)35)15-6-5-8-19-11-13-22(36-4)14-12-19/h5,7-14,16H,6,15H2,1-4H3,(H,30,31)(H,32,33)/b8-5+. The maximum absolute atomic E-state index is 12.7. The molecular formula is C27H28N2O6S. The van der Waals surface area contributed by atoms with Gasteiger partial charge in [0.25, 0.3) is 5.69 Å². The number of nitro groups is 1. The molecule has 0 spiro atoms. The molecule has 0 saturated carbocycles. The average molecular weight is 509 g/mol. The van der Waals surface area contributed by atoms with E-state index in [1.165, 1.54) is 18.2 Å². The highest BCUT2D eigenvalue weighted by atomic mass is 32.2. The molecule has 1 aliphatic rings. The summed E-state index contributed by atoms with van der Waals surface area (Å²) in [6.45, 7) is 3.25. The fourth-order valence-corrected chi connectivity index (χ4v) is 5.21. The van der Waals surface area contributed by atoms with Gasteiger partial charge in [-0.2, -0.15) is 0 Å². The number of rotatable bonds is 9. The van der Waals surface area contributed by atoms with Crippen molar-refractivity contribution in [1.29, 1.82) is 0 Å². The van der Waals surface area contributed by atoms with Crippen molar-refractivity contribution in [3.63, 3.8) is 0 Å². The molecule has 0 amide bonds. The Bertz CT molecular complexity index is 1260. The number of non-ortho nitro benzene ring substituents is 1. The van der Waals surface area contributed by atoms with Crippen LogP contribution in [-0.4, -0.2) is 45.3 Å². The van der Waals surface area contributed by atoms with Gasteiger partial charge in [-0.05, 0) is 56.2 Å². The van der Waals surface area contributed by atoms with Gasteiger partial charge < -0.3 is 15.1 Å². The van der Waals surface area contributed by atoms with Gasteiger partial charge in [-0.25, -0.2) is 9.59 Å². The lowest BCUT2D eigenvalue weighted by Gasteiger charge is -2.43. The smallest absolute Gasteiger partial charge is 0.334 e. The lowest BCUT2D eigenvalue weighted by Crippen LogP contribution is -2.45. The Labute approximate surface area is 213 Å². The van der Waals surface area contributed by atoms with E-state index in [1.807, 2.05) is 42.7 Å².